The van der Waals surface area contributed by atoms with E-state index in [1.165, 1.54) is 30.5 Å². The Bertz CT molecular complexity index is 854. The SMILES string of the molecule is CC(C)C(=O)Cc1nccc(C(=O)NC(C)c2cccc(OC(F)(F)F)c2)n1. The molecule has 1 aromatic heterocycles. The van der Waals surface area contributed by atoms with Gasteiger partial charge in [0, 0.05) is 12.1 Å². The van der Waals surface area contributed by atoms with Crippen LogP contribution >= 0.6 is 0 Å². The Morgan fingerprint density at radius 3 is 2.54 bits per heavy atom. The third kappa shape index (κ3) is 6.33. The molecule has 1 heterocycles. The quantitative estimate of drug-likeness (QED) is 0.774. The Labute approximate surface area is 160 Å². The first-order valence-corrected chi connectivity index (χ1v) is 8.56. The Kier molecular flexibility index (Phi) is 6.71. The van der Waals surface area contributed by atoms with Gasteiger partial charge in [-0.2, -0.15) is 0 Å². The van der Waals surface area contributed by atoms with Crippen LogP contribution in [0.15, 0.2) is 36.5 Å². The van der Waals surface area contributed by atoms with Crippen molar-refractivity contribution in [1.29, 1.82) is 0 Å². The van der Waals surface area contributed by atoms with E-state index in [1.807, 2.05) is 0 Å². The molecule has 28 heavy (non-hydrogen) atoms. The summed E-state index contributed by atoms with van der Waals surface area (Å²) < 4.78 is 40.9. The van der Waals surface area contributed by atoms with Crippen molar-refractivity contribution in [3.63, 3.8) is 0 Å². The van der Waals surface area contributed by atoms with E-state index in [9.17, 15) is 22.8 Å². The van der Waals surface area contributed by atoms with Crippen molar-refractivity contribution < 1.29 is 27.5 Å². The minimum absolute atomic E-state index is 0.0190. The van der Waals surface area contributed by atoms with Gasteiger partial charge in [-0.25, -0.2) is 9.97 Å². The fraction of sp³-hybridized carbons (Fsp3) is 0.368. The molecule has 0 spiro atoms. The second-order valence-electron chi connectivity index (χ2n) is 6.47. The van der Waals surface area contributed by atoms with E-state index in [0.29, 0.717) is 5.56 Å². The maximum absolute atomic E-state index is 12.4. The first kappa shape index (κ1) is 21.3. The maximum Gasteiger partial charge on any atom is 0.573 e. The van der Waals surface area contributed by atoms with Crippen LogP contribution in [0.4, 0.5) is 13.2 Å². The van der Waals surface area contributed by atoms with Gasteiger partial charge in [-0.3, -0.25) is 9.59 Å². The minimum Gasteiger partial charge on any atom is -0.406 e. The summed E-state index contributed by atoms with van der Waals surface area (Å²) in [7, 11) is 0. The molecule has 0 saturated carbocycles. The van der Waals surface area contributed by atoms with Gasteiger partial charge >= 0.3 is 6.36 Å². The standard InChI is InChI=1S/C19H20F3N3O3/c1-11(2)16(26)10-17-23-8-7-15(25-17)18(27)24-12(3)13-5-4-6-14(9-13)28-19(20,21)22/h4-9,11-12H,10H2,1-3H3,(H,24,27). The summed E-state index contributed by atoms with van der Waals surface area (Å²) in [4.78, 5) is 32.3. The third-order valence-electron chi connectivity index (χ3n) is 3.85. The number of carbonyl (C=O) groups is 2. The van der Waals surface area contributed by atoms with E-state index >= 15 is 0 Å². The number of rotatable bonds is 7. The predicted molar refractivity (Wildman–Crippen MR) is 94.6 cm³/mol. The lowest BCUT2D eigenvalue weighted by atomic mass is 10.1. The number of hydrogen-bond acceptors (Lipinski definition) is 5. The number of carbonyl (C=O) groups excluding carboxylic acids is 2. The van der Waals surface area contributed by atoms with Crippen molar-refractivity contribution in [2.75, 3.05) is 0 Å². The van der Waals surface area contributed by atoms with Crippen LogP contribution in [-0.4, -0.2) is 28.0 Å². The molecule has 1 N–H and O–H groups in total. The van der Waals surface area contributed by atoms with Gasteiger partial charge in [-0.1, -0.05) is 26.0 Å². The summed E-state index contributed by atoms with van der Waals surface area (Å²) in [6, 6.07) is 6.15. The normalized spacial score (nSPS) is 12.5. The van der Waals surface area contributed by atoms with E-state index in [0.717, 1.165) is 0 Å². The van der Waals surface area contributed by atoms with E-state index in [2.05, 4.69) is 20.0 Å². The van der Waals surface area contributed by atoms with Crippen molar-refractivity contribution in [1.82, 2.24) is 15.3 Å². The maximum atomic E-state index is 12.4. The van der Waals surface area contributed by atoms with Crippen LogP contribution in [-0.2, 0) is 11.2 Å². The van der Waals surface area contributed by atoms with Crippen LogP contribution < -0.4 is 10.1 Å². The molecule has 150 valence electrons. The monoisotopic (exact) mass is 395 g/mol. The molecule has 0 aliphatic heterocycles. The lowest BCUT2D eigenvalue weighted by Crippen LogP contribution is -2.28. The number of ketones is 1. The second-order valence-corrected chi connectivity index (χ2v) is 6.47. The number of aromatic nitrogens is 2. The molecule has 0 fully saturated rings. The van der Waals surface area contributed by atoms with Crippen molar-refractivity contribution in [2.45, 2.75) is 39.6 Å². The largest absolute Gasteiger partial charge is 0.573 e. The summed E-state index contributed by atoms with van der Waals surface area (Å²) in [5.41, 5.74) is 0.496. The van der Waals surface area contributed by atoms with E-state index < -0.39 is 18.3 Å². The smallest absolute Gasteiger partial charge is 0.406 e. The Morgan fingerprint density at radius 2 is 1.89 bits per heavy atom. The van der Waals surface area contributed by atoms with Crippen molar-refractivity contribution in [3.05, 3.63) is 53.6 Å². The summed E-state index contributed by atoms with van der Waals surface area (Å²) in [5.74, 6) is -0.891. The average Bonchev–Trinajstić information content (AvgIpc) is 2.60. The van der Waals surface area contributed by atoms with Crippen molar-refractivity contribution in [3.8, 4) is 5.75 Å². The average molecular weight is 395 g/mol. The number of hydrogen-bond donors (Lipinski definition) is 1. The van der Waals surface area contributed by atoms with Gasteiger partial charge in [0.2, 0.25) is 0 Å². The van der Waals surface area contributed by atoms with Crippen LogP contribution in [0, 0.1) is 5.92 Å². The van der Waals surface area contributed by atoms with Crippen LogP contribution in [0.25, 0.3) is 0 Å². The molecule has 1 aromatic carbocycles. The fourth-order valence-electron chi connectivity index (χ4n) is 2.31. The molecule has 0 bridgehead atoms. The van der Waals surface area contributed by atoms with Gasteiger partial charge < -0.3 is 10.1 Å². The first-order chi connectivity index (χ1) is 13.0. The first-order valence-electron chi connectivity index (χ1n) is 8.56. The summed E-state index contributed by atoms with van der Waals surface area (Å²) in [6.07, 6.45) is -3.39. The van der Waals surface area contributed by atoms with Gasteiger partial charge in [0.15, 0.2) is 0 Å². The molecule has 2 aromatic rings. The molecular weight excluding hydrogens is 375 g/mol. The highest BCUT2D eigenvalue weighted by molar-refractivity contribution is 5.92. The minimum atomic E-state index is -4.80. The Balaban J connectivity index is 2.08. The molecule has 1 unspecified atom stereocenters. The molecule has 0 saturated heterocycles. The topological polar surface area (TPSA) is 81.2 Å². The number of ether oxygens (including phenoxy) is 1. The van der Waals surface area contributed by atoms with Gasteiger partial charge in [0.25, 0.3) is 5.91 Å². The highest BCUT2D eigenvalue weighted by Crippen LogP contribution is 2.25. The number of amides is 1. The summed E-state index contributed by atoms with van der Waals surface area (Å²) >= 11 is 0. The van der Waals surface area contributed by atoms with Crippen molar-refractivity contribution >= 4 is 11.7 Å². The zero-order valence-electron chi connectivity index (χ0n) is 15.6. The van der Waals surface area contributed by atoms with Crippen LogP contribution in [0.3, 0.4) is 0 Å². The summed E-state index contributed by atoms with van der Waals surface area (Å²) in [6.45, 7) is 5.14. The van der Waals surface area contributed by atoms with Crippen LogP contribution in [0.5, 0.6) is 5.75 Å². The Morgan fingerprint density at radius 1 is 1.18 bits per heavy atom. The number of benzene rings is 1. The predicted octanol–water partition coefficient (Wildman–Crippen LogP) is 3.63. The molecular formula is C19H20F3N3O3. The summed E-state index contributed by atoms with van der Waals surface area (Å²) in [5, 5.41) is 2.65. The molecule has 0 radical (unpaired) electrons. The Hall–Kier alpha value is -2.97. The number of nitrogens with zero attached hydrogens (tertiary/aromatic N) is 2. The highest BCUT2D eigenvalue weighted by atomic mass is 19.4. The lowest BCUT2D eigenvalue weighted by Gasteiger charge is -2.16. The molecule has 1 amide bonds. The lowest BCUT2D eigenvalue weighted by molar-refractivity contribution is -0.274. The molecule has 2 rings (SSSR count). The number of halogens is 3. The van der Waals surface area contributed by atoms with Crippen molar-refractivity contribution in [2.24, 2.45) is 5.92 Å². The van der Waals surface area contributed by atoms with Crippen LogP contribution in [0.1, 0.15) is 48.7 Å². The second kappa shape index (κ2) is 8.81. The van der Waals surface area contributed by atoms with Gasteiger partial charge in [-0.15, -0.1) is 13.2 Å². The highest BCUT2D eigenvalue weighted by Gasteiger charge is 2.31. The van der Waals surface area contributed by atoms with E-state index in [-0.39, 0.29) is 35.4 Å². The molecule has 1 atom stereocenters. The zero-order chi connectivity index (χ0) is 20.9. The molecule has 0 aliphatic carbocycles. The fourth-order valence-corrected chi connectivity index (χ4v) is 2.31. The molecule has 9 heteroatoms. The van der Waals surface area contributed by atoms with E-state index in [4.69, 9.17) is 0 Å². The van der Waals surface area contributed by atoms with Crippen LogP contribution in [0.2, 0.25) is 0 Å². The third-order valence-corrected chi connectivity index (χ3v) is 3.85. The number of alkyl halides is 3. The van der Waals surface area contributed by atoms with Gasteiger partial charge in [0.05, 0.1) is 12.5 Å². The van der Waals surface area contributed by atoms with Gasteiger partial charge in [0.1, 0.15) is 23.1 Å². The van der Waals surface area contributed by atoms with Gasteiger partial charge in [-0.05, 0) is 30.7 Å². The number of nitrogens with one attached hydrogen (secondary N) is 1. The van der Waals surface area contributed by atoms with E-state index in [1.54, 1.807) is 26.8 Å². The molecule has 0 aliphatic rings. The molecule has 6 nitrogen and oxygen atoms in total. The zero-order valence-corrected chi connectivity index (χ0v) is 15.6. The number of Topliss-reactive ketones (excluding diaryl/α,β-unsaturated/α-hetero) is 1.